The van der Waals surface area contributed by atoms with Gasteiger partial charge in [0.15, 0.2) is 0 Å². The van der Waals surface area contributed by atoms with E-state index in [0.717, 1.165) is 37.3 Å². The van der Waals surface area contributed by atoms with Crippen molar-refractivity contribution in [2.24, 2.45) is 0 Å². The number of benzene rings is 1. The monoisotopic (exact) mass is 257 g/mol. The topological polar surface area (TPSA) is 25.2 Å². The summed E-state index contributed by atoms with van der Waals surface area (Å²) in [5.41, 5.74) is -0.139. The van der Waals surface area contributed by atoms with E-state index in [-0.39, 0.29) is 0 Å². The first kappa shape index (κ1) is 13.0. The normalized spacial score (nSPS) is 12.2. The quantitative estimate of drug-likeness (QED) is 0.846. The molecule has 0 aliphatic rings. The molecule has 2 aromatic rings. The number of nitrogens with one attached hydrogen (secondary N) is 1. The molecule has 5 heteroatoms. The SMILES string of the molecule is CNCCCc1cc2cc(C(F)(F)F)ccc2o1. The van der Waals surface area contributed by atoms with Crippen molar-refractivity contribution in [2.75, 3.05) is 13.6 Å². The van der Waals surface area contributed by atoms with Gasteiger partial charge in [-0.1, -0.05) is 0 Å². The Morgan fingerprint density at radius 3 is 2.67 bits per heavy atom. The fourth-order valence-electron chi connectivity index (χ4n) is 1.84. The van der Waals surface area contributed by atoms with E-state index in [9.17, 15) is 13.2 Å². The van der Waals surface area contributed by atoms with Crippen LogP contribution >= 0.6 is 0 Å². The van der Waals surface area contributed by atoms with Gasteiger partial charge in [0.05, 0.1) is 5.56 Å². The number of halogens is 3. The van der Waals surface area contributed by atoms with E-state index in [0.29, 0.717) is 11.0 Å². The zero-order chi connectivity index (χ0) is 13.2. The summed E-state index contributed by atoms with van der Waals surface area (Å²) >= 11 is 0. The first-order valence-corrected chi connectivity index (χ1v) is 5.75. The van der Waals surface area contributed by atoms with Crippen LogP contribution in [0.5, 0.6) is 0 Å². The number of furan rings is 1. The third-order valence-corrected chi connectivity index (χ3v) is 2.74. The van der Waals surface area contributed by atoms with Gasteiger partial charge in [0, 0.05) is 11.8 Å². The molecule has 0 aliphatic heterocycles. The molecular formula is C13H14F3NO. The Bertz CT molecular complexity index is 531. The van der Waals surface area contributed by atoms with Crippen molar-refractivity contribution in [1.82, 2.24) is 5.32 Å². The molecule has 0 saturated heterocycles. The molecule has 0 spiro atoms. The highest BCUT2D eigenvalue weighted by atomic mass is 19.4. The molecule has 1 aromatic carbocycles. The van der Waals surface area contributed by atoms with E-state index in [1.54, 1.807) is 6.07 Å². The number of fused-ring (bicyclic) bond motifs is 1. The summed E-state index contributed by atoms with van der Waals surface area (Å²) in [6.45, 7) is 0.852. The van der Waals surface area contributed by atoms with Crippen molar-refractivity contribution < 1.29 is 17.6 Å². The molecule has 2 rings (SSSR count). The number of hydrogen-bond donors (Lipinski definition) is 1. The first-order chi connectivity index (χ1) is 8.50. The van der Waals surface area contributed by atoms with Gasteiger partial charge in [-0.15, -0.1) is 0 Å². The molecular weight excluding hydrogens is 243 g/mol. The lowest BCUT2D eigenvalue weighted by Gasteiger charge is -2.04. The molecule has 2 nitrogen and oxygen atoms in total. The third-order valence-electron chi connectivity index (χ3n) is 2.74. The molecule has 0 radical (unpaired) electrons. The summed E-state index contributed by atoms with van der Waals surface area (Å²) in [5, 5.41) is 3.51. The minimum atomic E-state index is -4.31. The van der Waals surface area contributed by atoms with Crippen LogP contribution in [0.25, 0.3) is 11.0 Å². The van der Waals surface area contributed by atoms with Gasteiger partial charge in [-0.2, -0.15) is 13.2 Å². The summed E-state index contributed by atoms with van der Waals surface area (Å²) in [7, 11) is 1.86. The third kappa shape index (κ3) is 2.85. The predicted molar refractivity (Wildman–Crippen MR) is 63.5 cm³/mol. The Kier molecular flexibility index (Phi) is 3.61. The lowest BCUT2D eigenvalue weighted by atomic mass is 10.1. The van der Waals surface area contributed by atoms with Crippen LogP contribution in [0.15, 0.2) is 28.7 Å². The maximum absolute atomic E-state index is 12.5. The largest absolute Gasteiger partial charge is 0.461 e. The van der Waals surface area contributed by atoms with Crippen LogP contribution in [0, 0.1) is 0 Å². The van der Waals surface area contributed by atoms with Crippen LogP contribution in [0.2, 0.25) is 0 Å². The van der Waals surface area contributed by atoms with Gasteiger partial charge in [0.25, 0.3) is 0 Å². The summed E-state index contributed by atoms with van der Waals surface area (Å²) < 4.78 is 43.1. The fraction of sp³-hybridized carbons (Fsp3) is 0.385. The van der Waals surface area contributed by atoms with E-state index in [1.165, 1.54) is 6.07 Å². The molecule has 0 amide bonds. The number of hydrogen-bond acceptors (Lipinski definition) is 2. The fourth-order valence-corrected chi connectivity index (χ4v) is 1.84. The Hall–Kier alpha value is -1.49. The molecule has 0 unspecified atom stereocenters. The lowest BCUT2D eigenvalue weighted by Crippen LogP contribution is -2.07. The van der Waals surface area contributed by atoms with Crippen LogP contribution < -0.4 is 5.32 Å². The molecule has 1 heterocycles. The van der Waals surface area contributed by atoms with Gasteiger partial charge in [0.1, 0.15) is 11.3 Å². The summed E-state index contributed by atoms with van der Waals surface area (Å²) in [6, 6.07) is 5.23. The average molecular weight is 257 g/mol. The van der Waals surface area contributed by atoms with Crippen LogP contribution in [0.1, 0.15) is 17.7 Å². The minimum absolute atomic E-state index is 0.502. The van der Waals surface area contributed by atoms with Crippen molar-refractivity contribution in [2.45, 2.75) is 19.0 Å². The standard InChI is InChI=1S/C13H14F3NO/c1-17-6-2-3-11-8-9-7-10(13(14,15)16)4-5-12(9)18-11/h4-5,7-8,17H,2-3,6H2,1H3. The van der Waals surface area contributed by atoms with Crippen LogP contribution in [-0.4, -0.2) is 13.6 Å². The van der Waals surface area contributed by atoms with E-state index in [2.05, 4.69) is 5.32 Å². The molecule has 1 N–H and O–H groups in total. The van der Waals surface area contributed by atoms with Crippen molar-refractivity contribution in [3.63, 3.8) is 0 Å². The molecule has 0 aliphatic carbocycles. The van der Waals surface area contributed by atoms with Crippen LogP contribution in [0.3, 0.4) is 0 Å². The van der Waals surface area contributed by atoms with Crippen molar-refractivity contribution in [3.05, 3.63) is 35.6 Å². The minimum Gasteiger partial charge on any atom is -0.461 e. The Labute approximate surface area is 103 Å². The van der Waals surface area contributed by atoms with Crippen LogP contribution in [-0.2, 0) is 12.6 Å². The highest BCUT2D eigenvalue weighted by Gasteiger charge is 2.30. The second kappa shape index (κ2) is 5.02. The zero-order valence-electron chi connectivity index (χ0n) is 9.97. The van der Waals surface area contributed by atoms with Crippen molar-refractivity contribution in [1.29, 1.82) is 0 Å². The Balaban J connectivity index is 2.23. The maximum Gasteiger partial charge on any atom is 0.416 e. The molecule has 0 saturated carbocycles. The van der Waals surface area contributed by atoms with Gasteiger partial charge in [-0.3, -0.25) is 0 Å². The van der Waals surface area contributed by atoms with E-state index in [1.807, 2.05) is 7.05 Å². The van der Waals surface area contributed by atoms with Crippen LogP contribution in [0.4, 0.5) is 13.2 Å². The second-order valence-corrected chi connectivity index (χ2v) is 4.17. The molecule has 0 bridgehead atoms. The second-order valence-electron chi connectivity index (χ2n) is 4.17. The van der Waals surface area contributed by atoms with E-state index in [4.69, 9.17) is 4.42 Å². The van der Waals surface area contributed by atoms with Gasteiger partial charge in [-0.25, -0.2) is 0 Å². The molecule has 18 heavy (non-hydrogen) atoms. The Morgan fingerprint density at radius 1 is 1.22 bits per heavy atom. The number of aryl methyl sites for hydroxylation is 1. The average Bonchev–Trinajstić information content (AvgIpc) is 2.69. The summed E-state index contributed by atoms with van der Waals surface area (Å²) in [5.74, 6) is 0.722. The highest BCUT2D eigenvalue weighted by molar-refractivity contribution is 5.78. The molecule has 0 atom stereocenters. The maximum atomic E-state index is 12.5. The number of alkyl halides is 3. The van der Waals surface area contributed by atoms with Gasteiger partial charge >= 0.3 is 6.18 Å². The highest BCUT2D eigenvalue weighted by Crippen LogP contribution is 2.32. The van der Waals surface area contributed by atoms with Crippen molar-refractivity contribution >= 4 is 11.0 Å². The first-order valence-electron chi connectivity index (χ1n) is 5.75. The lowest BCUT2D eigenvalue weighted by molar-refractivity contribution is -0.137. The van der Waals surface area contributed by atoms with Gasteiger partial charge in [-0.05, 0) is 44.3 Å². The number of rotatable bonds is 4. The Morgan fingerprint density at radius 2 is 2.00 bits per heavy atom. The van der Waals surface area contributed by atoms with Gasteiger partial charge in [0.2, 0.25) is 0 Å². The summed E-state index contributed by atoms with van der Waals surface area (Å²) in [6.07, 6.45) is -2.70. The zero-order valence-corrected chi connectivity index (χ0v) is 9.97. The van der Waals surface area contributed by atoms with Gasteiger partial charge < -0.3 is 9.73 Å². The molecule has 0 fully saturated rings. The smallest absolute Gasteiger partial charge is 0.416 e. The predicted octanol–water partition coefficient (Wildman–Crippen LogP) is 3.60. The van der Waals surface area contributed by atoms with Crippen molar-refractivity contribution in [3.8, 4) is 0 Å². The molecule has 1 aromatic heterocycles. The van der Waals surface area contributed by atoms with E-state index >= 15 is 0 Å². The molecule has 98 valence electrons. The summed E-state index contributed by atoms with van der Waals surface area (Å²) in [4.78, 5) is 0. The van der Waals surface area contributed by atoms with E-state index < -0.39 is 11.7 Å².